The molecule has 50 heavy (non-hydrogen) atoms. The molecule has 4 heterocycles. The van der Waals surface area contributed by atoms with E-state index < -0.39 is 10.8 Å². The number of carbonyl (C=O) groups excluding carboxylic acids is 4. The molecule has 4 aromatic rings. The molecule has 0 unspecified atom stereocenters. The molecule has 1 saturated heterocycles. The van der Waals surface area contributed by atoms with Crippen molar-refractivity contribution in [3.63, 3.8) is 0 Å². The molecule has 12 heteroatoms. The topological polar surface area (TPSA) is 150 Å². The van der Waals surface area contributed by atoms with Gasteiger partial charge >= 0.3 is 0 Å². The summed E-state index contributed by atoms with van der Waals surface area (Å²) in [6.45, 7) is 3.41. The normalized spacial score (nSPS) is 18.7. The molecule has 3 aliphatic rings. The molecule has 0 radical (unpaired) electrons. The van der Waals surface area contributed by atoms with Crippen molar-refractivity contribution in [3.8, 4) is 0 Å². The zero-order chi connectivity index (χ0) is 34.9. The van der Waals surface area contributed by atoms with Crippen LogP contribution in [0.1, 0.15) is 58.2 Å². The number of nitrogens with zero attached hydrogens (tertiary/aromatic N) is 5. The molecule has 0 bridgehead atoms. The SMILES string of the molecule is CNCc1ccccc1CN(CC(=O)Nc1ccc2c(c1)C[C@@]1(C2)C(=O)Nc2ncccc21)C(=O)C1(C)CCN(C(=O)c2ncccn2)CC1. The minimum atomic E-state index is -0.776. The van der Waals surface area contributed by atoms with E-state index in [4.69, 9.17) is 0 Å². The van der Waals surface area contributed by atoms with Gasteiger partial charge in [-0.1, -0.05) is 43.3 Å². The predicted molar refractivity (Wildman–Crippen MR) is 187 cm³/mol. The monoisotopic (exact) mass is 672 g/mol. The summed E-state index contributed by atoms with van der Waals surface area (Å²) in [6, 6.07) is 19.1. The lowest BCUT2D eigenvalue weighted by molar-refractivity contribution is -0.146. The minimum absolute atomic E-state index is 0.0576. The highest BCUT2D eigenvalue weighted by molar-refractivity contribution is 6.06. The second-order valence-electron chi connectivity index (χ2n) is 13.7. The highest BCUT2D eigenvalue weighted by Crippen LogP contribution is 2.47. The fourth-order valence-corrected chi connectivity index (χ4v) is 7.55. The summed E-state index contributed by atoms with van der Waals surface area (Å²) >= 11 is 0. The number of amides is 4. The third-order valence-corrected chi connectivity index (χ3v) is 10.4. The molecule has 2 aromatic heterocycles. The molecule has 3 N–H and O–H groups in total. The Balaban J connectivity index is 1.08. The van der Waals surface area contributed by atoms with Gasteiger partial charge in [0.2, 0.25) is 23.5 Å². The summed E-state index contributed by atoms with van der Waals surface area (Å²) in [7, 11) is 1.87. The van der Waals surface area contributed by atoms with Crippen LogP contribution in [0.5, 0.6) is 0 Å². The van der Waals surface area contributed by atoms with Gasteiger partial charge in [-0.15, -0.1) is 0 Å². The van der Waals surface area contributed by atoms with Gasteiger partial charge in [-0.3, -0.25) is 19.2 Å². The van der Waals surface area contributed by atoms with Crippen molar-refractivity contribution in [2.45, 2.75) is 51.1 Å². The van der Waals surface area contributed by atoms with Crippen molar-refractivity contribution in [1.29, 1.82) is 0 Å². The minimum Gasteiger partial charge on any atom is -0.336 e. The number of aromatic nitrogens is 3. The van der Waals surface area contributed by atoms with Crippen LogP contribution in [-0.4, -0.2) is 75.1 Å². The molecule has 2 aromatic carbocycles. The molecule has 1 atom stereocenters. The quantitative estimate of drug-likeness (QED) is 0.245. The molecular formula is C38H40N8O4. The van der Waals surface area contributed by atoms with Gasteiger partial charge < -0.3 is 25.8 Å². The van der Waals surface area contributed by atoms with E-state index in [9.17, 15) is 19.2 Å². The number of benzene rings is 2. The number of rotatable bonds is 9. The molecule has 12 nitrogen and oxygen atoms in total. The summed E-state index contributed by atoms with van der Waals surface area (Å²) in [5, 5.41) is 9.15. The Morgan fingerprint density at radius 3 is 2.38 bits per heavy atom. The van der Waals surface area contributed by atoms with Gasteiger partial charge in [-0.25, -0.2) is 15.0 Å². The number of anilines is 2. The van der Waals surface area contributed by atoms with E-state index in [1.54, 1.807) is 22.1 Å². The summed E-state index contributed by atoms with van der Waals surface area (Å²) in [5.41, 5.74) is 4.08. The average molecular weight is 673 g/mol. The van der Waals surface area contributed by atoms with Gasteiger partial charge in [0.15, 0.2) is 0 Å². The number of hydrogen-bond donors (Lipinski definition) is 3. The molecule has 1 fully saturated rings. The summed E-state index contributed by atoms with van der Waals surface area (Å²) in [6.07, 6.45) is 6.71. The van der Waals surface area contributed by atoms with Gasteiger partial charge in [-0.05, 0) is 79.3 Å². The Morgan fingerprint density at radius 1 is 0.900 bits per heavy atom. The van der Waals surface area contributed by atoms with Crippen LogP contribution in [0.4, 0.5) is 11.5 Å². The van der Waals surface area contributed by atoms with Crippen molar-refractivity contribution in [2.75, 3.05) is 37.3 Å². The van der Waals surface area contributed by atoms with Crippen LogP contribution in [-0.2, 0) is 45.7 Å². The van der Waals surface area contributed by atoms with Crippen LogP contribution in [0.3, 0.4) is 0 Å². The lowest BCUT2D eigenvalue weighted by Crippen LogP contribution is -2.51. The van der Waals surface area contributed by atoms with Gasteiger partial charge in [-0.2, -0.15) is 0 Å². The molecule has 2 aliphatic heterocycles. The molecule has 1 spiro atoms. The number of fused-ring (bicyclic) bond motifs is 3. The number of pyridine rings is 1. The van der Waals surface area contributed by atoms with Crippen molar-refractivity contribution in [3.05, 3.63) is 113 Å². The number of likely N-dealkylation sites (tertiary alicyclic amines) is 1. The van der Waals surface area contributed by atoms with Crippen molar-refractivity contribution >= 4 is 35.1 Å². The number of nitrogens with one attached hydrogen (secondary N) is 3. The van der Waals surface area contributed by atoms with Gasteiger partial charge in [0.05, 0.1) is 5.41 Å². The van der Waals surface area contributed by atoms with Gasteiger partial charge in [0, 0.05) is 61.4 Å². The number of carbonyl (C=O) groups is 4. The Labute approximate surface area is 290 Å². The number of hydrogen-bond acceptors (Lipinski definition) is 8. The Morgan fingerprint density at radius 2 is 1.62 bits per heavy atom. The van der Waals surface area contributed by atoms with Crippen LogP contribution >= 0.6 is 0 Å². The lowest BCUT2D eigenvalue weighted by Gasteiger charge is -2.41. The molecule has 256 valence electrons. The fourth-order valence-electron chi connectivity index (χ4n) is 7.55. The smallest absolute Gasteiger partial charge is 0.291 e. The van der Waals surface area contributed by atoms with Gasteiger partial charge in [0.25, 0.3) is 5.91 Å². The zero-order valence-corrected chi connectivity index (χ0v) is 28.2. The molecule has 4 amide bonds. The maximum Gasteiger partial charge on any atom is 0.291 e. The third-order valence-electron chi connectivity index (χ3n) is 10.4. The molecular weight excluding hydrogens is 632 g/mol. The maximum atomic E-state index is 14.4. The second kappa shape index (κ2) is 13.4. The van der Waals surface area contributed by atoms with E-state index in [1.807, 2.05) is 68.6 Å². The molecule has 1 aliphatic carbocycles. The van der Waals surface area contributed by atoms with E-state index >= 15 is 0 Å². The summed E-state index contributed by atoms with van der Waals surface area (Å²) in [5.74, 6) is -0.0223. The van der Waals surface area contributed by atoms with Crippen LogP contribution in [0.25, 0.3) is 0 Å². The average Bonchev–Trinajstić information content (AvgIpc) is 3.65. The van der Waals surface area contributed by atoms with Gasteiger partial charge in [0.1, 0.15) is 12.4 Å². The first-order valence-electron chi connectivity index (χ1n) is 16.9. The Kier molecular flexibility index (Phi) is 8.87. The number of piperidine rings is 1. The summed E-state index contributed by atoms with van der Waals surface area (Å²) in [4.78, 5) is 70.2. The first kappa shape index (κ1) is 33.0. The van der Waals surface area contributed by atoms with E-state index in [-0.39, 0.29) is 42.5 Å². The first-order chi connectivity index (χ1) is 24.2. The maximum absolute atomic E-state index is 14.4. The first-order valence-corrected chi connectivity index (χ1v) is 16.9. The molecule has 0 saturated carbocycles. The Bertz CT molecular complexity index is 1960. The van der Waals surface area contributed by atoms with Crippen molar-refractivity contribution < 1.29 is 19.2 Å². The van der Waals surface area contributed by atoms with E-state index in [1.165, 1.54) is 12.4 Å². The van der Waals surface area contributed by atoms with Crippen LogP contribution in [0, 0.1) is 5.41 Å². The lowest BCUT2D eigenvalue weighted by atomic mass is 9.78. The van der Waals surface area contributed by atoms with Crippen LogP contribution < -0.4 is 16.0 Å². The standard InChI is InChI=1S/C38H40N8O4/c1-37(12-17-45(18-13-37)34(48)33-41-15-6-16-42-33)36(50)46(23-27-8-4-3-7-26(27)22-39-2)24-31(47)43-29-11-10-25-20-38(21-28(25)19-29)30-9-5-14-40-32(30)44-35(38)49/h3-11,14-16,19,39H,12-13,17-18,20-24H2,1-2H3,(H,43,47)(H,40,44,49)/t38-/m1/s1. The highest BCUT2D eigenvalue weighted by Gasteiger charge is 2.51. The van der Waals surface area contributed by atoms with E-state index in [0.29, 0.717) is 56.8 Å². The van der Waals surface area contributed by atoms with Crippen molar-refractivity contribution in [1.82, 2.24) is 30.1 Å². The van der Waals surface area contributed by atoms with E-state index in [2.05, 4.69) is 30.9 Å². The third kappa shape index (κ3) is 6.22. The highest BCUT2D eigenvalue weighted by atomic mass is 16.2. The van der Waals surface area contributed by atoms with Crippen LogP contribution in [0.2, 0.25) is 0 Å². The van der Waals surface area contributed by atoms with Crippen molar-refractivity contribution in [2.24, 2.45) is 5.41 Å². The second-order valence-corrected chi connectivity index (χ2v) is 13.7. The zero-order valence-electron chi connectivity index (χ0n) is 28.2. The fraction of sp³-hybridized carbons (Fsp3) is 0.342. The van der Waals surface area contributed by atoms with E-state index in [0.717, 1.165) is 27.8 Å². The largest absolute Gasteiger partial charge is 0.336 e. The van der Waals surface area contributed by atoms with Crippen LogP contribution in [0.15, 0.2) is 79.3 Å². The molecule has 7 rings (SSSR count). The predicted octanol–water partition coefficient (Wildman–Crippen LogP) is 3.49. The Hall–Kier alpha value is -5.49. The summed E-state index contributed by atoms with van der Waals surface area (Å²) < 4.78 is 0.